The van der Waals surface area contributed by atoms with Gasteiger partial charge >= 0.3 is 0 Å². The third-order valence-electron chi connectivity index (χ3n) is 1.57. The number of thioether (sulfide) groups is 1. The van der Waals surface area contributed by atoms with Crippen LogP contribution in [0.4, 0.5) is 0 Å². The number of nitrogens with zero attached hydrogens (tertiary/aromatic N) is 1. The lowest BCUT2D eigenvalue weighted by atomic mass is 10.3. The van der Waals surface area contributed by atoms with Crippen molar-refractivity contribution in [1.29, 1.82) is 0 Å². The molecule has 3 nitrogen and oxygen atoms in total. The summed E-state index contributed by atoms with van der Waals surface area (Å²) in [7, 11) is 0. The second-order valence-electron chi connectivity index (χ2n) is 2.58. The van der Waals surface area contributed by atoms with Crippen molar-refractivity contribution in [2.45, 2.75) is 18.5 Å². The van der Waals surface area contributed by atoms with Crippen molar-refractivity contribution < 1.29 is 4.79 Å². The number of hydrogen-bond acceptors (Lipinski definition) is 3. The lowest BCUT2D eigenvalue weighted by molar-refractivity contribution is -0.119. The topological polar surface area (TPSA) is 42.0 Å². The zero-order valence-electron chi connectivity index (χ0n) is 7.70. The highest BCUT2D eigenvalue weighted by Crippen LogP contribution is 2.16. The number of pyridine rings is 1. The fraction of sp³-hybridized carbons (Fsp3) is 0.333. The van der Waals surface area contributed by atoms with Crippen LogP contribution in [0, 0.1) is 0 Å². The van der Waals surface area contributed by atoms with Gasteiger partial charge in [0, 0.05) is 25.2 Å². The molecule has 1 amide bonds. The van der Waals surface area contributed by atoms with Gasteiger partial charge in [0.05, 0.1) is 0 Å². The molecule has 1 heterocycles. The van der Waals surface area contributed by atoms with Crippen molar-refractivity contribution in [3.63, 3.8) is 0 Å². The van der Waals surface area contributed by atoms with E-state index < -0.39 is 0 Å². The molecule has 1 rings (SSSR count). The van der Waals surface area contributed by atoms with Crippen LogP contribution < -0.4 is 5.32 Å². The van der Waals surface area contributed by atoms with Gasteiger partial charge in [-0.2, -0.15) is 0 Å². The predicted octanol–water partition coefficient (Wildman–Crippen LogP) is 1.44. The van der Waals surface area contributed by atoms with Crippen LogP contribution in [0.25, 0.3) is 0 Å². The molecule has 13 heavy (non-hydrogen) atoms. The normalized spacial score (nSPS) is 9.69. The monoisotopic (exact) mass is 196 g/mol. The molecule has 0 fully saturated rings. The number of aromatic nitrogens is 1. The first-order chi connectivity index (χ1) is 6.24. The van der Waals surface area contributed by atoms with Gasteiger partial charge in [-0.15, -0.1) is 11.8 Å². The SMILES string of the molecule is CSc1ncccc1CNC(C)=O. The van der Waals surface area contributed by atoms with E-state index in [9.17, 15) is 4.79 Å². The summed E-state index contributed by atoms with van der Waals surface area (Å²) in [5.41, 5.74) is 1.06. The van der Waals surface area contributed by atoms with Crippen LogP contribution in [-0.4, -0.2) is 17.1 Å². The Kier molecular flexibility index (Phi) is 3.76. The fourth-order valence-electron chi connectivity index (χ4n) is 0.962. The second-order valence-corrected chi connectivity index (χ2v) is 3.38. The van der Waals surface area contributed by atoms with E-state index in [2.05, 4.69) is 10.3 Å². The number of nitrogens with one attached hydrogen (secondary N) is 1. The summed E-state index contributed by atoms with van der Waals surface area (Å²) in [4.78, 5) is 14.9. The molecule has 0 aliphatic heterocycles. The Balaban J connectivity index is 2.69. The van der Waals surface area contributed by atoms with Gasteiger partial charge in [-0.3, -0.25) is 4.79 Å². The number of carbonyl (C=O) groups is 1. The summed E-state index contributed by atoms with van der Waals surface area (Å²) < 4.78 is 0. The van der Waals surface area contributed by atoms with E-state index in [-0.39, 0.29) is 5.91 Å². The average Bonchev–Trinajstić information content (AvgIpc) is 2.15. The predicted molar refractivity (Wildman–Crippen MR) is 53.5 cm³/mol. The van der Waals surface area contributed by atoms with Crippen molar-refractivity contribution in [2.24, 2.45) is 0 Å². The molecular formula is C9H12N2OS. The molecule has 0 radical (unpaired) electrons. The molecule has 0 atom stereocenters. The first-order valence-electron chi connectivity index (χ1n) is 3.96. The van der Waals surface area contributed by atoms with Crippen molar-refractivity contribution in [3.05, 3.63) is 23.9 Å². The maximum atomic E-state index is 10.7. The molecule has 1 aromatic rings. The Morgan fingerprint density at radius 1 is 1.69 bits per heavy atom. The van der Waals surface area contributed by atoms with Gasteiger partial charge in [0.25, 0.3) is 0 Å². The van der Waals surface area contributed by atoms with Gasteiger partial charge in [0.1, 0.15) is 5.03 Å². The van der Waals surface area contributed by atoms with E-state index in [0.29, 0.717) is 6.54 Å². The molecular weight excluding hydrogens is 184 g/mol. The van der Waals surface area contributed by atoms with Crippen molar-refractivity contribution >= 4 is 17.7 Å². The van der Waals surface area contributed by atoms with Gasteiger partial charge in [0.2, 0.25) is 5.91 Å². The van der Waals surface area contributed by atoms with Gasteiger partial charge in [-0.1, -0.05) is 6.07 Å². The average molecular weight is 196 g/mol. The summed E-state index contributed by atoms with van der Waals surface area (Å²) >= 11 is 1.58. The van der Waals surface area contributed by atoms with Crippen LogP contribution in [0.3, 0.4) is 0 Å². The maximum Gasteiger partial charge on any atom is 0.217 e. The van der Waals surface area contributed by atoms with Gasteiger partial charge in [-0.05, 0) is 12.3 Å². The molecule has 0 saturated carbocycles. The van der Waals surface area contributed by atoms with Crippen LogP contribution in [0.1, 0.15) is 12.5 Å². The minimum atomic E-state index is -0.0177. The van der Waals surface area contributed by atoms with Crippen molar-refractivity contribution in [2.75, 3.05) is 6.26 Å². The van der Waals surface area contributed by atoms with E-state index in [1.54, 1.807) is 18.0 Å². The number of hydrogen-bond donors (Lipinski definition) is 1. The van der Waals surface area contributed by atoms with E-state index in [1.807, 2.05) is 18.4 Å². The quantitative estimate of drug-likeness (QED) is 0.744. The summed E-state index contributed by atoms with van der Waals surface area (Å²) in [5.74, 6) is -0.0177. The molecule has 0 bridgehead atoms. The number of rotatable bonds is 3. The zero-order chi connectivity index (χ0) is 9.68. The maximum absolute atomic E-state index is 10.7. The zero-order valence-corrected chi connectivity index (χ0v) is 8.52. The largest absolute Gasteiger partial charge is 0.352 e. The summed E-state index contributed by atoms with van der Waals surface area (Å²) in [6, 6.07) is 3.84. The summed E-state index contributed by atoms with van der Waals surface area (Å²) in [6.45, 7) is 2.06. The standard InChI is InChI=1S/C9H12N2OS/c1-7(12)11-6-8-4-3-5-10-9(8)13-2/h3-5H,6H2,1-2H3,(H,11,12). The molecule has 0 saturated heterocycles. The molecule has 0 aliphatic carbocycles. The highest BCUT2D eigenvalue weighted by atomic mass is 32.2. The van der Waals surface area contributed by atoms with E-state index >= 15 is 0 Å². The summed E-state index contributed by atoms with van der Waals surface area (Å²) in [5, 5.41) is 3.71. The highest BCUT2D eigenvalue weighted by Gasteiger charge is 2.01. The Bertz CT molecular complexity index is 301. The van der Waals surface area contributed by atoms with Crippen molar-refractivity contribution in [1.82, 2.24) is 10.3 Å². The fourth-order valence-corrected chi connectivity index (χ4v) is 1.53. The molecule has 70 valence electrons. The number of carbonyl (C=O) groups excluding carboxylic acids is 1. The van der Waals surface area contributed by atoms with Crippen LogP contribution in [-0.2, 0) is 11.3 Å². The van der Waals surface area contributed by atoms with E-state index in [1.165, 1.54) is 6.92 Å². The van der Waals surface area contributed by atoms with Gasteiger partial charge in [0.15, 0.2) is 0 Å². The lowest BCUT2D eigenvalue weighted by Gasteiger charge is -2.05. The summed E-state index contributed by atoms with van der Waals surface area (Å²) in [6.07, 6.45) is 3.72. The molecule has 0 aliphatic rings. The van der Waals surface area contributed by atoms with Crippen LogP contribution >= 0.6 is 11.8 Å². The molecule has 1 N–H and O–H groups in total. The molecule has 0 unspecified atom stereocenters. The Morgan fingerprint density at radius 3 is 3.08 bits per heavy atom. The molecule has 0 aromatic carbocycles. The van der Waals surface area contributed by atoms with Crippen molar-refractivity contribution in [3.8, 4) is 0 Å². The first kappa shape index (κ1) is 10.1. The van der Waals surface area contributed by atoms with Crippen LogP contribution in [0.2, 0.25) is 0 Å². The number of amides is 1. The third kappa shape index (κ3) is 3.06. The third-order valence-corrected chi connectivity index (χ3v) is 2.33. The smallest absolute Gasteiger partial charge is 0.217 e. The molecule has 4 heteroatoms. The Hall–Kier alpha value is -1.03. The minimum Gasteiger partial charge on any atom is -0.352 e. The first-order valence-corrected chi connectivity index (χ1v) is 5.19. The minimum absolute atomic E-state index is 0.0177. The van der Waals surface area contributed by atoms with Crippen LogP contribution in [0.5, 0.6) is 0 Å². The molecule has 0 spiro atoms. The van der Waals surface area contributed by atoms with E-state index in [0.717, 1.165) is 10.6 Å². The van der Waals surface area contributed by atoms with Crippen LogP contribution in [0.15, 0.2) is 23.4 Å². The van der Waals surface area contributed by atoms with Gasteiger partial charge in [-0.25, -0.2) is 4.98 Å². The van der Waals surface area contributed by atoms with E-state index in [4.69, 9.17) is 0 Å². The van der Waals surface area contributed by atoms with Gasteiger partial charge < -0.3 is 5.32 Å². The Morgan fingerprint density at radius 2 is 2.46 bits per heavy atom. The lowest BCUT2D eigenvalue weighted by Crippen LogP contribution is -2.19. The Labute approximate surface area is 81.9 Å². The highest BCUT2D eigenvalue weighted by molar-refractivity contribution is 7.98. The second kappa shape index (κ2) is 4.87. The molecule has 1 aromatic heterocycles.